The highest BCUT2D eigenvalue weighted by molar-refractivity contribution is 5.81. The second-order valence-electron chi connectivity index (χ2n) is 13.6. The Kier molecular flexibility index (Phi) is 10.2. The van der Waals surface area contributed by atoms with Crippen molar-refractivity contribution < 1.29 is 18.7 Å². The molecule has 48 heavy (non-hydrogen) atoms. The molecule has 5 rings (SSSR count). The van der Waals surface area contributed by atoms with Crippen LogP contribution in [0.3, 0.4) is 0 Å². The van der Waals surface area contributed by atoms with E-state index in [0.29, 0.717) is 58.8 Å². The van der Waals surface area contributed by atoms with Gasteiger partial charge in [-0.2, -0.15) is 10.1 Å². The van der Waals surface area contributed by atoms with Crippen molar-refractivity contribution in [1.29, 1.82) is 0 Å². The number of nitrogens with zero attached hydrogens (tertiary/aromatic N) is 4. The lowest BCUT2D eigenvalue weighted by Crippen LogP contribution is -2.37. The number of nitrogens with one attached hydrogen (secondary N) is 1. The summed E-state index contributed by atoms with van der Waals surface area (Å²) in [6.45, 7) is 13.5. The zero-order valence-electron chi connectivity index (χ0n) is 28.9. The first-order valence-corrected chi connectivity index (χ1v) is 16.7. The molecule has 3 aromatic heterocycles. The third kappa shape index (κ3) is 7.52. The number of rotatable bonds is 14. The molecule has 2 atom stereocenters. The van der Waals surface area contributed by atoms with E-state index in [0.717, 1.165) is 24.1 Å². The number of benzene rings is 2. The third-order valence-corrected chi connectivity index (χ3v) is 9.00. The predicted octanol–water partition coefficient (Wildman–Crippen LogP) is 6.79. The van der Waals surface area contributed by atoms with Crippen LogP contribution in [0, 0.1) is 12.7 Å². The molecule has 0 bridgehead atoms. The van der Waals surface area contributed by atoms with Gasteiger partial charge in [0, 0.05) is 23.6 Å². The lowest BCUT2D eigenvalue weighted by molar-refractivity contribution is -0.105. The first-order valence-electron chi connectivity index (χ1n) is 16.7. The second-order valence-corrected chi connectivity index (χ2v) is 13.6. The molecule has 1 unspecified atom stereocenters. The van der Waals surface area contributed by atoms with Crippen molar-refractivity contribution in [2.24, 2.45) is 0 Å². The van der Waals surface area contributed by atoms with Crippen LogP contribution in [0.5, 0.6) is 0 Å². The number of hydrogen-bond acceptors (Lipinski definition) is 7. The number of aliphatic hydroxyl groups is 1. The maximum absolute atomic E-state index is 16.0. The van der Waals surface area contributed by atoms with Gasteiger partial charge in [-0.15, -0.1) is 0 Å². The minimum Gasteiger partial charge on any atom is -0.416 e. The summed E-state index contributed by atoms with van der Waals surface area (Å²) in [5, 5.41) is 14.9. The van der Waals surface area contributed by atoms with Gasteiger partial charge < -0.3 is 14.3 Å². The van der Waals surface area contributed by atoms with Gasteiger partial charge in [0.05, 0.1) is 29.2 Å². The molecule has 0 aliphatic carbocycles. The van der Waals surface area contributed by atoms with E-state index in [4.69, 9.17) is 9.15 Å². The van der Waals surface area contributed by atoms with Gasteiger partial charge in [-0.05, 0) is 83.1 Å². The van der Waals surface area contributed by atoms with Crippen LogP contribution in [-0.4, -0.2) is 47.1 Å². The van der Waals surface area contributed by atoms with E-state index in [1.807, 2.05) is 51.1 Å². The predicted molar refractivity (Wildman–Crippen MR) is 184 cm³/mol. The smallest absolute Gasteiger partial charge is 0.416 e. The minimum atomic E-state index is -0.953. The summed E-state index contributed by atoms with van der Waals surface area (Å²) in [6.07, 6.45) is 4.79. The summed E-state index contributed by atoms with van der Waals surface area (Å²) < 4.78 is 30.5. The Hall–Kier alpha value is -4.35. The average molecular weight is 660 g/mol. The van der Waals surface area contributed by atoms with E-state index in [1.165, 1.54) is 12.3 Å². The molecule has 0 spiro atoms. The number of ether oxygens (including phenoxy) is 1. The van der Waals surface area contributed by atoms with Crippen LogP contribution in [0.25, 0.3) is 28.2 Å². The third-order valence-electron chi connectivity index (χ3n) is 9.00. The second kappa shape index (κ2) is 14.0. The monoisotopic (exact) mass is 659 g/mol. The number of aryl methyl sites for hydroxylation is 2. The van der Waals surface area contributed by atoms with E-state index >= 15 is 4.39 Å². The molecule has 0 saturated carbocycles. The number of aromatic amines is 1. The van der Waals surface area contributed by atoms with Crippen molar-refractivity contribution in [3.63, 3.8) is 0 Å². The maximum atomic E-state index is 16.0. The molecule has 0 fully saturated rings. The van der Waals surface area contributed by atoms with Crippen molar-refractivity contribution in [3.05, 3.63) is 98.1 Å². The SMILES string of the molecule is CCCc1c(Cc2ccc(-c3ccccc3-c3coc(=O)[nH]3)cc2F)c(=O)n(C(C)CC[C@](C)(CC)OCC(C)(C)O)c2nc(C)nn12. The lowest BCUT2D eigenvalue weighted by Gasteiger charge is -2.33. The maximum Gasteiger partial charge on any atom is 0.416 e. The zero-order valence-corrected chi connectivity index (χ0v) is 28.9. The molecule has 5 aromatic rings. The van der Waals surface area contributed by atoms with Gasteiger partial charge in [0.15, 0.2) is 0 Å². The summed E-state index contributed by atoms with van der Waals surface area (Å²) in [5.41, 5.74) is 2.51. The van der Waals surface area contributed by atoms with Gasteiger partial charge in [-0.1, -0.05) is 56.7 Å². The molecular formula is C37H46FN5O5. The van der Waals surface area contributed by atoms with Crippen LogP contribution in [0.4, 0.5) is 4.39 Å². The van der Waals surface area contributed by atoms with Crippen molar-refractivity contribution in [1.82, 2.24) is 24.1 Å². The number of halogens is 1. The van der Waals surface area contributed by atoms with Crippen LogP contribution in [0.2, 0.25) is 0 Å². The fourth-order valence-corrected chi connectivity index (χ4v) is 6.07. The molecule has 256 valence electrons. The minimum absolute atomic E-state index is 0.0832. The van der Waals surface area contributed by atoms with Crippen LogP contribution < -0.4 is 11.3 Å². The summed E-state index contributed by atoms with van der Waals surface area (Å²) >= 11 is 0. The van der Waals surface area contributed by atoms with Crippen molar-refractivity contribution >= 4 is 5.78 Å². The fourth-order valence-electron chi connectivity index (χ4n) is 6.07. The van der Waals surface area contributed by atoms with Crippen molar-refractivity contribution in [2.75, 3.05) is 6.61 Å². The Morgan fingerprint density at radius 2 is 1.83 bits per heavy atom. The number of H-pyrrole nitrogens is 1. The highest BCUT2D eigenvalue weighted by atomic mass is 19.1. The number of oxazole rings is 1. The Bertz CT molecular complexity index is 2020. The van der Waals surface area contributed by atoms with Gasteiger partial charge in [0.2, 0.25) is 5.78 Å². The molecule has 0 amide bonds. The zero-order chi connectivity index (χ0) is 34.8. The average Bonchev–Trinajstić information content (AvgIpc) is 3.66. The van der Waals surface area contributed by atoms with Crippen LogP contribution in [0.15, 0.2) is 62.7 Å². The van der Waals surface area contributed by atoms with E-state index in [2.05, 4.69) is 22.0 Å². The highest BCUT2D eigenvalue weighted by Crippen LogP contribution is 2.33. The van der Waals surface area contributed by atoms with Crippen LogP contribution >= 0.6 is 0 Å². The van der Waals surface area contributed by atoms with Crippen molar-refractivity contribution in [3.8, 4) is 22.4 Å². The lowest BCUT2D eigenvalue weighted by atomic mass is 9.93. The van der Waals surface area contributed by atoms with Crippen LogP contribution in [-0.2, 0) is 17.6 Å². The van der Waals surface area contributed by atoms with Gasteiger partial charge in [-0.25, -0.2) is 13.7 Å². The molecule has 0 radical (unpaired) electrons. The standard InChI is InChI=1S/C37H46FN5O5/c1-8-12-32-29(19-26-16-15-25(20-30(26)38)27-13-10-11-14-28(27)31-21-47-35(45)40-31)33(44)42(34-39-24(4)41-43(32)34)23(3)17-18-37(7,9-2)48-22-36(5,6)46/h10-11,13-16,20-21,23,46H,8-9,12,17-19,22H2,1-7H3,(H,40,45)/t23?,37-/m0/s1. The Morgan fingerprint density at radius 3 is 2.46 bits per heavy atom. The van der Waals surface area contributed by atoms with Gasteiger partial charge in [0.1, 0.15) is 17.9 Å². The Morgan fingerprint density at radius 1 is 1.10 bits per heavy atom. The van der Waals surface area contributed by atoms with Gasteiger partial charge in [-0.3, -0.25) is 14.3 Å². The summed E-state index contributed by atoms with van der Waals surface area (Å²) in [7, 11) is 0. The van der Waals surface area contributed by atoms with E-state index in [1.54, 1.807) is 35.9 Å². The Labute approximate surface area is 279 Å². The normalized spacial score (nSPS) is 14.0. The summed E-state index contributed by atoms with van der Waals surface area (Å²) in [4.78, 5) is 33.4. The molecule has 2 aromatic carbocycles. The fraction of sp³-hybridized carbons (Fsp3) is 0.459. The first-order chi connectivity index (χ1) is 22.7. The molecule has 10 nitrogen and oxygen atoms in total. The summed E-state index contributed by atoms with van der Waals surface area (Å²) in [5.74, 6) is 0.00612. The van der Waals surface area contributed by atoms with Gasteiger partial charge >= 0.3 is 5.76 Å². The van der Waals surface area contributed by atoms with Gasteiger partial charge in [0.25, 0.3) is 5.56 Å². The molecule has 2 N–H and O–H groups in total. The van der Waals surface area contributed by atoms with E-state index < -0.39 is 22.8 Å². The molecule has 0 saturated heterocycles. The quantitative estimate of drug-likeness (QED) is 0.134. The first kappa shape index (κ1) is 35.0. The molecule has 0 aliphatic heterocycles. The molecule has 11 heteroatoms. The highest BCUT2D eigenvalue weighted by Gasteiger charge is 2.29. The number of aromatic nitrogens is 5. The van der Waals surface area contributed by atoms with E-state index in [-0.39, 0.29) is 24.6 Å². The number of hydrogen-bond donors (Lipinski definition) is 2. The number of fused-ring (bicyclic) bond motifs is 1. The summed E-state index contributed by atoms with van der Waals surface area (Å²) in [6, 6.07) is 12.1. The van der Waals surface area contributed by atoms with Crippen LogP contribution in [0.1, 0.15) is 95.9 Å². The molecule has 3 heterocycles. The van der Waals surface area contributed by atoms with Crippen molar-refractivity contribution in [2.45, 2.75) is 104 Å². The molecular weight excluding hydrogens is 613 g/mol. The topological polar surface area (TPSA) is 128 Å². The molecule has 0 aliphatic rings. The Balaban J connectivity index is 1.52. The van der Waals surface area contributed by atoms with E-state index in [9.17, 15) is 14.7 Å². The largest absolute Gasteiger partial charge is 0.416 e.